The van der Waals surface area contributed by atoms with Crippen molar-refractivity contribution in [2.75, 3.05) is 19.8 Å². The summed E-state index contributed by atoms with van der Waals surface area (Å²) in [4.78, 5) is 11.4. The van der Waals surface area contributed by atoms with Gasteiger partial charge in [-0.2, -0.15) is 0 Å². The van der Waals surface area contributed by atoms with E-state index in [2.05, 4.69) is 10.2 Å². The largest absolute Gasteiger partial charge is 0.490 e. The Kier molecular flexibility index (Phi) is 5.44. The van der Waals surface area contributed by atoms with E-state index in [1.165, 1.54) is 6.07 Å². The summed E-state index contributed by atoms with van der Waals surface area (Å²) in [5, 5.41) is 17.6. The van der Waals surface area contributed by atoms with Crippen LogP contribution in [-0.4, -0.2) is 45.5 Å². The van der Waals surface area contributed by atoms with Crippen LogP contribution in [0.3, 0.4) is 0 Å². The number of hydrogen-bond acceptors (Lipinski definition) is 6. The Balaban J connectivity index is 2.20. The fraction of sp³-hybridized carbons (Fsp3) is 0.316. The van der Waals surface area contributed by atoms with Gasteiger partial charge in [0.05, 0.1) is 19.8 Å². The maximum absolute atomic E-state index is 11.4. The van der Waals surface area contributed by atoms with Crippen LogP contribution < -0.4 is 14.2 Å². The fourth-order valence-corrected chi connectivity index (χ4v) is 2.80. The number of carboxylic acids is 1. The molecule has 8 nitrogen and oxygen atoms in total. The number of benzene rings is 1. The van der Waals surface area contributed by atoms with Crippen molar-refractivity contribution in [3.8, 4) is 28.6 Å². The van der Waals surface area contributed by atoms with Crippen molar-refractivity contribution >= 4 is 11.6 Å². The number of carboxylic acid groups (broad SMARTS) is 1. The van der Waals surface area contributed by atoms with Gasteiger partial charge >= 0.3 is 5.97 Å². The molecule has 0 fully saturated rings. The summed E-state index contributed by atoms with van der Waals surface area (Å²) in [6.45, 7) is 7.04. The molecule has 0 spiro atoms. The van der Waals surface area contributed by atoms with E-state index in [1.807, 2.05) is 20.8 Å². The standard InChI is InChI=1S/C19H21N3O5/c1-4-25-14-10-12(11-15(26-5-2)16(14)27-6-3)17-20-21-18-13(19(23)24)8-7-9-22(17)18/h7-11H,4-6H2,1-3H3,(H,23,24). The van der Waals surface area contributed by atoms with Gasteiger partial charge in [0.25, 0.3) is 0 Å². The van der Waals surface area contributed by atoms with E-state index in [-0.39, 0.29) is 11.2 Å². The smallest absolute Gasteiger partial charge is 0.339 e. The van der Waals surface area contributed by atoms with Crippen molar-refractivity contribution in [1.29, 1.82) is 0 Å². The Morgan fingerprint density at radius 3 is 2.22 bits per heavy atom. The highest BCUT2D eigenvalue weighted by Gasteiger charge is 2.20. The number of fused-ring (bicyclic) bond motifs is 1. The summed E-state index contributed by atoms with van der Waals surface area (Å²) in [6.07, 6.45) is 1.72. The van der Waals surface area contributed by atoms with Crippen LogP contribution in [0.15, 0.2) is 30.5 Å². The van der Waals surface area contributed by atoms with Gasteiger partial charge in [-0.3, -0.25) is 4.40 Å². The van der Waals surface area contributed by atoms with Crippen LogP contribution in [0.4, 0.5) is 0 Å². The molecular weight excluding hydrogens is 350 g/mol. The van der Waals surface area contributed by atoms with E-state index in [0.717, 1.165) is 0 Å². The lowest BCUT2D eigenvalue weighted by molar-refractivity contribution is 0.0698. The highest BCUT2D eigenvalue weighted by Crippen LogP contribution is 2.41. The summed E-state index contributed by atoms with van der Waals surface area (Å²) in [5.74, 6) is 1.03. The number of aromatic carboxylic acids is 1. The Bertz CT molecular complexity index is 940. The van der Waals surface area contributed by atoms with E-state index in [1.54, 1.807) is 28.8 Å². The second-order valence-corrected chi connectivity index (χ2v) is 5.54. The lowest BCUT2D eigenvalue weighted by Gasteiger charge is -2.16. The maximum Gasteiger partial charge on any atom is 0.339 e. The molecule has 0 unspecified atom stereocenters. The summed E-state index contributed by atoms with van der Waals surface area (Å²) < 4.78 is 18.8. The van der Waals surface area contributed by atoms with Gasteiger partial charge in [0.15, 0.2) is 23.0 Å². The van der Waals surface area contributed by atoms with E-state index < -0.39 is 5.97 Å². The second kappa shape index (κ2) is 7.94. The molecule has 142 valence electrons. The van der Waals surface area contributed by atoms with Crippen LogP contribution in [0.5, 0.6) is 17.2 Å². The number of ether oxygens (including phenoxy) is 3. The fourth-order valence-electron chi connectivity index (χ4n) is 2.80. The first-order chi connectivity index (χ1) is 13.1. The lowest BCUT2D eigenvalue weighted by atomic mass is 10.1. The number of hydrogen-bond donors (Lipinski definition) is 1. The first-order valence-electron chi connectivity index (χ1n) is 8.74. The highest BCUT2D eigenvalue weighted by atomic mass is 16.5. The molecule has 1 N–H and O–H groups in total. The molecule has 1 aromatic carbocycles. The minimum absolute atomic E-state index is 0.0808. The first-order valence-corrected chi connectivity index (χ1v) is 8.74. The van der Waals surface area contributed by atoms with Gasteiger partial charge in [-0.15, -0.1) is 10.2 Å². The molecule has 0 aliphatic heterocycles. The topological polar surface area (TPSA) is 95.2 Å². The molecule has 0 saturated heterocycles. The monoisotopic (exact) mass is 371 g/mol. The third-order valence-corrected chi connectivity index (χ3v) is 3.83. The number of nitrogens with zero attached hydrogens (tertiary/aromatic N) is 3. The summed E-state index contributed by atoms with van der Waals surface area (Å²) in [6, 6.07) is 6.72. The Hall–Kier alpha value is -3.29. The van der Waals surface area contributed by atoms with Gasteiger partial charge in [-0.1, -0.05) is 0 Å². The molecule has 2 heterocycles. The molecule has 8 heteroatoms. The van der Waals surface area contributed by atoms with Crippen LogP contribution in [0, 0.1) is 0 Å². The van der Waals surface area contributed by atoms with E-state index in [4.69, 9.17) is 14.2 Å². The maximum atomic E-state index is 11.4. The number of pyridine rings is 1. The third kappa shape index (κ3) is 3.51. The number of aromatic nitrogens is 3. The van der Waals surface area contributed by atoms with Gasteiger partial charge in [0.1, 0.15) is 5.56 Å². The molecule has 0 bridgehead atoms. The quantitative estimate of drug-likeness (QED) is 0.649. The molecule has 0 amide bonds. The van der Waals surface area contributed by atoms with Crippen LogP contribution in [0.1, 0.15) is 31.1 Å². The minimum Gasteiger partial charge on any atom is -0.490 e. The first kappa shape index (κ1) is 18.5. The second-order valence-electron chi connectivity index (χ2n) is 5.54. The predicted octanol–water partition coefficient (Wildman–Crippen LogP) is 3.29. The van der Waals surface area contributed by atoms with Gasteiger partial charge in [0.2, 0.25) is 5.75 Å². The van der Waals surface area contributed by atoms with Crippen molar-refractivity contribution < 1.29 is 24.1 Å². The van der Waals surface area contributed by atoms with Crippen LogP contribution in [0.25, 0.3) is 17.0 Å². The minimum atomic E-state index is -1.06. The molecular formula is C19H21N3O5. The average Bonchev–Trinajstić information content (AvgIpc) is 3.08. The Morgan fingerprint density at radius 1 is 1.04 bits per heavy atom. The Morgan fingerprint density at radius 2 is 1.67 bits per heavy atom. The number of carbonyl (C=O) groups is 1. The van der Waals surface area contributed by atoms with E-state index in [0.29, 0.717) is 48.5 Å². The van der Waals surface area contributed by atoms with Crippen molar-refractivity contribution in [2.45, 2.75) is 20.8 Å². The molecule has 0 aliphatic rings. The van der Waals surface area contributed by atoms with Gasteiger partial charge < -0.3 is 19.3 Å². The summed E-state index contributed by atoms with van der Waals surface area (Å²) in [7, 11) is 0. The van der Waals surface area contributed by atoms with Crippen LogP contribution in [-0.2, 0) is 0 Å². The third-order valence-electron chi connectivity index (χ3n) is 3.83. The van der Waals surface area contributed by atoms with Gasteiger partial charge in [-0.25, -0.2) is 4.79 Å². The molecule has 2 aromatic heterocycles. The van der Waals surface area contributed by atoms with Crippen molar-refractivity contribution in [1.82, 2.24) is 14.6 Å². The normalized spacial score (nSPS) is 10.8. The molecule has 0 aliphatic carbocycles. The Labute approximate surface area is 156 Å². The van der Waals surface area contributed by atoms with Crippen molar-refractivity contribution in [3.05, 3.63) is 36.0 Å². The average molecular weight is 371 g/mol. The van der Waals surface area contributed by atoms with Gasteiger partial charge in [-0.05, 0) is 45.0 Å². The molecule has 3 rings (SSSR count). The SMILES string of the molecule is CCOc1cc(-c2nnc3c(C(=O)O)cccn23)cc(OCC)c1OCC. The van der Waals surface area contributed by atoms with Crippen LogP contribution in [0.2, 0.25) is 0 Å². The predicted molar refractivity (Wildman–Crippen MR) is 98.9 cm³/mol. The molecule has 3 aromatic rings. The van der Waals surface area contributed by atoms with E-state index in [9.17, 15) is 9.90 Å². The van der Waals surface area contributed by atoms with Crippen molar-refractivity contribution in [3.63, 3.8) is 0 Å². The van der Waals surface area contributed by atoms with Gasteiger partial charge in [0, 0.05) is 11.8 Å². The summed E-state index contributed by atoms with van der Waals surface area (Å²) >= 11 is 0. The number of rotatable bonds is 8. The zero-order valence-electron chi connectivity index (χ0n) is 15.4. The lowest BCUT2D eigenvalue weighted by Crippen LogP contribution is -2.04. The van der Waals surface area contributed by atoms with Crippen LogP contribution >= 0.6 is 0 Å². The molecule has 0 radical (unpaired) electrons. The molecule has 0 saturated carbocycles. The molecule has 27 heavy (non-hydrogen) atoms. The summed E-state index contributed by atoms with van der Waals surface area (Å²) in [5.41, 5.74) is 1.03. The molecule has 0 atom stereocenters. The highest BCUT2D eigenvalue weighted by molar-refractivity contribution is 5.94. The zero-order chi connectivity index (χ0) is 19.4. The van der Waals surface area contributed by atoms with E-state index >= 15 is 0 Å². The zero-order valence-corrected chi connectivity index (χ0v) is 15.4. The van der Waals surface area contributed by atoms with Crippen molar-refractivity contribution in [2.24, 2.45) is 0 Å².